The van der Waals surface area contributed by atoms with Crippen molar-refractivity contribution in [3.8, 4) is 11.9 Å². The number of nitrogens with zero attached hydrogens (tertiary/aromatic N) is 3. The molecule has 0 radical (unpaired) electrons. The lowest BCUT2D eigenvalue weighted by Gasteiger charge is -2.33. The topological polar surface area (TPSA) is 102 Å². The van der Waals surface area contributed by atoms with Crippen LogP contribution in [0.5, 0.6) is 5.88 Å². The van der Waals surface area contributed by atoms with Gasteiger partial charge >= 0.3 is 12.1 Å². The summed E-state index contributed by atoms with van der Waals surface area (Å²) in [6, 6.07) is 9.33. The fraction of sp³-hybridized carbons (Fsp3) is 0.520. The number of carbonyl (C=O) groups is 2. The van der Waals surface area contributed by atoms with E-state index in [9.17, 15) is 14.9 Å². The van der Waals surface area contributed by atoms with Crippen molar-refractivity contribution in [2.45, 2.75) is 59.1 Å². The minimum Gasteiger partial charge on any atom is -0.465 e. The molecule has 1 amide bonds. The molecule has 3 rings (SSSR count). The summed E-state index contributed by atoms with van der Waals surface area (Å²) in [6.45, 7) is 8.30. The normalized spacial score (nSPS) is 13.7. The zero-order valence-corrected chi connectivity index (χ0v) is 19.7. The Hall–Kier alpha value is -3.34. The van der Waals surface area contributed by atoms with Crippen LogP contribution in [0.3, 0.4) is 0 Å². The molecule has 1 aromatic heterocycles. The number of hydrogen-bond acceptors (Lipinski definition) is 7. The summed E-state index contributed by atoms with van der Waals surface area (Å²) in [5, 5.41) is 10.8. The van der Waals surface area contributed by atoms with E-state index in [4.69, 9.17) is 14.2 Å². The molecular weight excluding hydrogens is 422 g/mol. The monoisotopic (exact) mass is 453 g/mol. The number of benzene rings is 1. The lowest BCUT2D eigenvalue weighted by molar-refractivity contribution is -0.145. The van der Waals surface area contributed by atoms with Gasteiger partial charge in [-0.05, 0) is 75.6 Å². The molecule has 0 aliphatic heterocycles. The van der Waals surface area contributed by atoms with Gasteiger partial charge in [0.25, 0.3) is 0 Å². The highest BCUT2D eigenvalue weighted by Gasteiger charge is 2.27. The maximum absolute atomic E-state index is 12.8. The SMILES string of the molecule is CCOC(=O)COc1nc(C#N)cc2cc(CN(CC3CCC3)C(=O)OC(C)(C)C)ccc12. The third-order valence-corrected chi connectivity index (χ3v) is 5.34. The number of carbonyl (C=O) groups excluding carboxylic acids is 2. The van der Waals surface area contributed by atoms with Gasteiger partial charge in [-0.2, -0.15) is 5.26 Å². The molecule has 1 fully saturated rings. The summed E-state index contributed by atoms with van der Waals surface area (Å²) in [5.41, 5.74) is 0.507. The van der Waals surface area contributed by atoms with Gasteiger partial charge in [0, 0.05) is 18.5 Å². The van der Waals surface area contributed by atoms with E-state index in [-0.39, 0.29) is 30.9 Å². The molecule has 176 valence electrons. The number of esters is 1. The van der Waals surface area contributed by atoms with Crippen molar-refractivity contribution >= 4 is 22.8 Å². The first-order valence-corrected chi connectivity index (χ1v) is 11.3. The van der Waals surface area contributed by atoms with Gasteiger partial charge in [0.2, 0.25) is 5.88 Å². The molecule has 0 saturated heterocycles. The summed E-state index contributed by atoms with van der Waals surface area (Å²) in [7, 11) is 0. The molecule has 0 spiro atoms. The lowest BCUT2D eigenvalue weighted by atomic mass is 9.85. The van der Waals surface area contributed by atoms with Crippen LogP contribution in [0.1, 0.15) is 58.2 Å². The van der Waals surface area contributed by atoms with E-state index in [1.807, 2.05) is 45.0 Å². The van der Waals surface area contributed by atoms with Crippen LogP contribution in [-0.2, 0) is 20.8 Å². The van der Waals surface area contributed by atoms with Gasteiger partial charge in [-0.3, -0.25) is 0 Å². The molecule has 1 aliphatic carbocycles. The number of hydrogen-bond donors (Lipinski definition) is 0. The minimum absolute atomic E-state index is 0.178. The highest BCUT2D eigenvalue weighted by Crippen LogP contribution is 2.30. The molecule has 8 heteroatoms. The van der Waals surface area contributed by atoms with Gasteiger partial charge < -0.3 is 19.1 Å². The molecule has 0 N–H and O–H groups in total. The zero-order valence-electron chi connectivity index (χ0n) is 19.7. The predicted molar refractivity (Wildman–Crippen MR) is 123 cm³/mol. The van der Waals surface area contributed by atoms with E-state index < -0.39 is 11.6 Å². The number of pyridine rings is 1. The first kappa shape index (κ1) is 24.3. The van der Waals surface area contributed by atoms with Crippen LogP contribution in [0.15, 0.2) is 24.3 Å². The van der Waals surface area contributed by atoms with Crippen molar-refractivity contribution in [3.63, 3.8) is 0 Å². The highest BCUT2D eigenvalue weighted by atomic mass is 16.6. The van der Waals surface area contributed by atoms with E-state index in [2.05, 4.69) is 4.98 Å². The zero-order chi connectivity index (χ0) is 24.0. The van der Waals surface area contributed by atoms with Crippen molar-refractivity contribution in [1.29, 1.82) is 5.26 Å². The Kier molecular flexibility index (Phi) is 7.75. The fourth-order valence-electron chi connectivity index (χ4n) is 3.61. The van der Waals surface area contributed by atoms with E-state index in [0.29, 0.717) is 24.4 Å². The fourth-order valence-corrected chi connectivity index (χ4v) is 3.61. The number of nitriles is 1. The van der Waals surface area contributed by atoms with Crippen LogP contribution in [0.25, 0.3) is 10.8 Å². The molecule has 8 nitrogen and oxygen atoms in total. The Labute approximate surface area is 194 Å². The third kappa shape index (κ3) is 6.82. The molecule has 33 heavy (non-hydrogen) atoms. The number of ether oxygens (including phenoxy) is 3. The van der Waals surface area contributed by atoms with E-state index in [0.717, 1.165) is 23.8 Å². The summed E-state index contributed by atoms with van der Waals surface area (Å²) < 4.78 is 16.1. The second-order valence-corrected chi connectivity index (χ2v) is 9.23. The Morgan fingerprint density at radius 1 is 1.24 bits per heavy atom. The standard InChI is InChI=1S/C25H31N3O5/c1-5-31-22(29)16-32-23-21-10-9-18(11-19(21)12-20(13-26)27-23)15-28(14-17-7-6-8-17)24(30)33-25(2,3)4/h9-12,17H,5-8,14-16H2,1-4H3. The molecule has 0 atom stereocenters. The van der Waals surface area contributed by atoms with Gasteiger partial charge in [0.1, 0.15) is 17.4 Å². The van der Waals surface area contributed by atoms with Crippen molar-refractivity contribution in [1.82, 2.24) is 9.88 Å². The van der Waals surface area contributed by atoms with Gasteiger partial charge in [-0.15, -0.1) is 0 Å². The molecule has 0 unspecified atom stereocenters. The van der Waals surface area contributed by atoms with Crippen molar-refractivity contribution in [3.05, 3.63) is 35.5 Å². The summed E-state index contributed by atoms with van der Waals surface area (Å²) >= 11 is 0. The second kappa shape index (κ2) is 10.5. The van der Waals surface area contributed by atoms with Crippen LogP contribution >= 0.6 is 0 Å². The minimum atomic E-state index is -0.573. The van der Waals surface area contributed by atoms with Crippen LogP contribution in [0, 0.1) is 17.2 Å². The third-order valence-electron chi connectivity index (χ3n) is 5.34. The second-order valence-electron chi connectivity index (χ2n) is 9.23. The van der Waals surface area contributed by atoms with Crippen LogP contribution in [0.4, 0.5) is 4.79 Å². The Morgan fingerprint density at radius 3 is 2.61 bits per heavy atom. The van der Waals surface area contributed by atoms with Gasteiger partial charge in [-0.1, -0.05) is 12.5 Å². The Morgan fingerprint density at radius 2 is 2.00 bits per heavy atom. The average Bonchev–Trinajstić information content (AvgIpc) is 2.72. The van der Waals surface area contributed by atoms with Crippen molar-refractivity contribution < 1.29 is 23.8 Å². The summed E-state index contributed by atoms with van der Waals surface area (Å²) in [4.78, 5) is 30.5. The maximum atomic E-state index is 12.8. The van der Waals surface area contributed by atoms with Gasteiger partial charge in [0.15, 0.2) is 6.61 Å². The van der Waals surface area contributed by atoms with Crippen LogP contribution in [-0.4, -0.2) is 47.3 Å². The molecule has 2 aromatic rings. The Balaban J connectivity index is 1.84. The lowest BCUT2D eigenvalue weighted by Crippen LogP contribution is -2.40. The summed E-state index contributed by atoms with van der Waals surface area (Å²) in [5.74, 6) is 0.188. The number of rotatable bonds is 8. The molecule has 1 saturated carbocycles. The van der Waals surface area contributed by atoms with Crippen molar-refractivity contribution in [2.75, 3.05) is 19.8 Å². The average molecular weight is 454 g/mol. The van der Waals surface area contributed by atoms with Crippen LogP contribution in [0.2, 0.25) is 0 Å². The van der Waals surface area contributed by atoms with Crippen molar-refractivity contribution in [2.24, 2.45) is 5.92 Å². The van der Waals surface area contributed by atoms with Crippen LogP contribution < -0.4 is 4.74 Å². The van der Waals surface area contributed by atoms with E-state index in [1.165, 1.54) is 6.42 Å². The number of fused-ring (bicyclic) bond motifs is 1. The first-order chi connectivity index (χ1) is 15.7. The van der Waals surface area contributed by atoms with E-state index in [1.54, 1.807) is 17.9 Å². The number of aromatic nitrogens is 1. The van der Waals surface area contributed by atoms with Gasteiger partial charge in [0.05, 0.1) is 6.61 Å². The molecule has 1 aliphatic rings. The Bertz CT molecular complexity index is 1050. The number of amides is 1. The smallest absolute Gasteiger partial charge is 0.410 e. The molecule has 0 bridgehead atoms. The molecule has 1 heterocycles. The highest BCUT2D eigenvalue weighted by molar-refractivity contribution is 5.88. The summed E-state index contributed by atoms with van der Waals surface area (Å²) in [6.07, 6.45) is 3.10. The maximum Gasteiger partial charge on any atom is 0.410 e. The molecule has 1 aromatic carbocycles. The van der Waals surface area contributed by atoms with E-state index >= 15 is 0 Å². The quantitative estimate of drug-likeness (QED) is 0.539. The first-order valence-electron chi connectivity index (χ1n) is 11.3. The largest absolute Gasteiger partial charge is 0.465 e. The van der Waals surface area contributed by atoms with Gasteiger partial charge in [-0.25, -0.2) is 14.6 Å². The molecular formula is C25H31N3O5. The predicted octanol–water partition coefficient (Wildman–Crippen LogP) is 4.59.